The predicted octanol–water partition coefficient (Wildman–Crippen LogP) is 5.35. The number of carbonyl (C=O) groups is 1. The lowest BCUT2D eigenvalue weighted by Crippen LogP contribution is -2.45. The van der Waals surface area contributed by atoms with E-state index in [4.69, 9.17) is 0 Å². The Morgan fingerprint density at radius 1 is 1.25 bits per heavy atom. The van der Waals surface area contributed by atoms with Gasteiger partial charge >= 0.3 is 5.97 Å². The average molecular weight is 462 g/mol. The molecule has 6 heteroatoms. The molecule has 2 fully saturated rings. The number of esters is 1. The molecule has 5 atom stereocenters. The molecule has 3 rings (SSSR count). The summed E-state index contributed by atoms with van der Waals surface area (Å²) in [7, 11) is 1.42. The van der Waals surface area contributed by atoms with E-state index in [1.165, 1.54) is 18.4 Å². The number of hydrogen-bond donors (Lipinski definition) is 2. The van der Waals surface area contributed by atoms with E-state index in [-0.39, 0.29) is 35.2 Å². The van der Waals surface area contributed by atoms with Gasteiger partial charge in [0.1, 0.15) is 0 Å². The summed E-state index contributed by atoms with van der Waals surface area (Å²) in [5, 5.41) is 33.4. The third-order valence-corrected chi connectivity index (χ3v) is 9.12. The molecule has 2 aliphatic carbocycles. The van der Waals surface area contributed by atoms with Crippen LogP contribution in [0.15, 0.2) is 17.5 Å². The average Bonchev–Trinajstić information content (AvgIpc) is 3.38. The van der Waals surface area contributed by atoms with Crippen LogP contribution in [-0.2, 0) is 14.9 Å². The number of rotatable bonds is 13. The first-order chi connectivity index (χ1) is 15.5. The molecule has 0 saturated heterocycles. The van der Waals surface area contributed by atoms with E-state index in [2.05, 4.69) is 28.3 Å². The van der Waals surface area contributed by atoms with E-state index in [1.54, 1.807) is 11.3 Å². The van der Waals surface area contributed by atoms with Gasteiger partial charge in [-0.3, -0.25) is 4.79 Å². The van der Waals surface area contributed by atoms with Crippen LogP contribution in [0.4, 0.5) is 0 Å². The fourth-order valence-corrected chi connectivity index (χ4v) is 6.99. The lowest BCUT2D eigenvalue weighted by Gasteiger charge is -2.45. The van der Waals surface area contributed by atoms with Gasteiger partial charge in [0.15, 0.2) is 0 Å². The van der Waals surface area contributed by atoms with E-state index < -0.39 is 6.10 Å². The van der Waals surface area contributed by atoms with Gasteiger partial charge in [-0.2, -0.15) is 5.26 Å². The van der Waals surface area contributed by atoms with Crippen molar-refractivity contribution in [3.05, 3.63) is 22.4 Å². The molecule has 1 unspecified atom stereocenters. The topological polar surface area (TPSA) is 90.6 Å². The summed E-state index contributed by atoms with van der Waals surface area (Å²) in [5.74, 6) is 0.168. The Kier molecular flexibility index (Phi) is 9.58. The first-order valence-corrected chi connectivity index (χ1v) is 13.3. The highest BCUT2D eigenvalue weighted by atomic mass is 32.1. The minimum Gasteiger partial charge on any atom is -0.469 e. The maximum absolute atomic E-state index is 11.2. The molecule has 0 aliphatic heterocycles. The molecule has 1 aromatic heterocycles. The van der Waals surface area contributed by atoms with Crippen LogP contribution in [0.2, 0.25) is 0 Å². The zero-order chi connectivity index (χ0) is 23.0. The highest BCUT2D eigenvalue weighted by Gasteiger charge is 2.46. The first-order valence-electron chi connectivity index (χ1n) is 12.4. The maximum atomic E-state index is 11.2. The summed E-state index contributed by atoms with van der Waals surface area (Å²) in [6.45, 7) is 0. The van der Waals surface area contributed by atoms with Crippen LogP contribution in [-0.4, -0.2) is 35.5 Å². The standard InChI is InChI=1S/C26H39NO4S/c1-31-25(30)13-5-3-2-4-9-20-19(18-27)17-22(28)21(20)10-6-11-23(29)26(14-8-15-26)24-12-7-16-32-24/h7,12,16,19-23,28-29H,2-6,8-11,13-15,17H2,1H3/t19-,20-,21+,22+,23?/m0/s1. The van der Waals surface area contributed by atoms with Crippen molar-refractivity contribution in [3.63, 3.8) is 0 Å². The van der Waals surface area contributed by atoms with Crippen LogP contribution in [0.5, 0.6) is 0 Å². The van der Waals surface area contributed by atoms with E-state index in [0.717, 1.165) is 64.2 Å². The lowest BCUT2D eigenvalue weighted by atomic mass is 9.63. The van der Waals surface area contributed by atoms with Crippen LogP contribution >= 0.6 is 11.3 Å². The zero-order valence-electron chi connectivity index (χ0n) is 19.4. The lowest BCUT2D eigenvalue weighted by molar-refractivity contribution is -0.140. The summed E-state index contributed by atoms with van der Waals surface area (Å²) in [6.07, 6.45) is 11.0. The second kappa shape index (κ2) is 12.2. The molecule has 1 aromatic rings. The van der Waals surface area contributed by atoms with E-state index in [1.807, 2.05) is 0 Å². The van der Waals surface area contributed by atoms with Gasteiger partial charge < -0.3 is 14.9 Å². The van der Waals surface area contributed by atoms with Gasteiger partial charge in [-0.15, -0.1) is 11.3 Å². The Labute approximate surface area is 196 Å². The molecule has 2 saturated carbocycles. The second-order valence-electron chi connectivity index (χ2n) is 9.83. The van der Waals surface area contributed by atoms with Crippen molar-refractivity contribution in [2.45, 2.75) is 101 Å². The number of nitrogens with zero attached hydrogens (tertiary/aromatic N) is 1. The van der Waals surface area contributed by atoms with Gasteiger partial charge in [-0.25, -0.2) is 0 Å². The first kappa shape index (κ1) is 25.2. The van der Waals surface area contributed by atoms with Crippen molar-refractivity contribution >= 4 is 17.3 Å². The smallest absolute Gasteiger partial charge is 0.305 e. The quantitative estimate of drug-likeness (QED) is 0.305. The number of aliphatic hydroxyl groups is 2. The summed E-state index contributed by atoms with van der Waals surface area (Å²) < 4.78 is 4.68. The van der Waals surface area contributed by atoms with Crippen molar-refractivity contribution in [1.82, 2.24) is 0 Å². The third-order valence-electron chi connectivity index (χ3n) is 8.03. The monoisotopic (exact) mass is 461 g/mol. The summed E-state index contributed by atoms with van der Waals surface area (Å²) in [6, 6.07) is 6.67. The van der Waals surface area contributed by atoms with Crippen molar-refractivity contribution in [2.75, 3.05) is 7.11 Å². The molecule has 0 bridgehead atoms. The summed E-state index contributed by atoms with van der Waals surface area (Å²) in [4.78, 5) is 12.5. The maximum Gasteiger partial charge on any atom is 0.305 e. The van der Waals surface area contributed by atoms with Crippen LogP contribution in [0.25, 0.3) is 0 Å². The molecule has 2 N–H and O–H groups in total. The number of nitriles is 1. The fourth-order valence-electron chi connectivity index (χ4n) is 5.96. The number of carbonyl (C=O) groups excluding carboxylic acids is 1. The Hall–Kier alpha value is -1.42. The fraction of sp³-hybridized carbons (Fsp3) is 0.769. The molecule has 178 valence electrons. The van der Waals surface area contributed by atoms with Crippen LogP contribution in [0.1, 0.15) is 88.3 Å². The van der Waals surface area contributed by atoms with Gasteiger partial charge in [0, 0.05) is 16.7 Å². The van der Waals surface area contributed by atoms with Crippen LogP contribution in [0, 0.1) is 29.1 Å². The van der Waals surface area contributed by atoms with Crippen molar-refractivity contribution < 1.29 is 19.7 Å². The van der Waals surface area contributed by atoms with Crippen molar-refractivity contribution in [3.8, 4) is 6.07 Å². The number of hydrogen-bond acceptors (Lipinski definition) is 6. The van der Waals surface area contributed by atoms with Crippen LogP contribution in [0.3, 0.4) is 0 Å². The van der Waals surface area contributed by atoms with Crippen LogP contribution < -0.4 is 0 Å². The highest BCUT2D eigenvalue weighted by molar-refractivity contribution is 7.10. The Morgan fingerprint density at radius 2 is 2.00 bits per heavy atom. The Morgan fingerprint density at radius 3 is 2.62 bits per heavy atom. The molecular weight excluding hydrogens is 422 g/mol. The largest absolute Gasteiger partial charge is 0.469 e. The van der Waals surface area contributed by atoms with Gasteiger partial charge in [-0.05, 0) is 68.2 Å². The third kappa shape index (κ3) is 5.92. The number of unbranched alkanes of at least 4 members (excludes halogenated alkanes) is 3. The SMILES string of the molecule is COC(=O)CCCCCC[C@@H]1[C@@H](CCCC(O)C2(c3cccs3)CCC2)[C@H](O)C[C@H]1C#N. The number of methoxy groups -OCH3 is 1. The van der Waals surface area contributed by atoms with Gasteiger partial charge in [-0.1, -0.05) is 38.2 Å². The number of aliphatic hydroxyl groups excluding tert-OH is 2. The van der Waals surface area contributed by atoms with E-state index >= 15 is 0 Å². The van der Waals surface area contributed by atoms with Gasteiger partial charge in [0.2, 0.25) is 0 Å². The number of thiophene rings is 1. The molecular formula is C26H39NO4S. The Balaban J connectivity index is 1.45. The Bertz CT molecular complexity index is 740. The highest BCUT2D eigenvalue weighted by Crippen LogP contribution is 2.50. The van der Waals surface area contributed by atoms with Crippen molar-refractivity contribution in [2.24, 2.45) is 17.8 Å². The molecule has 1 heterocycles. The normalized spacial score (nSPS) is 27.4. The summed E-state index contributed by atoms with van der Waals surface area (Å²) >= 11 is 1.75. The summed E-state index contributed by atoms with van der Waals surface area (Å²) in [5.41, 5.74) is -0.0543. The molecule has 2 aliphatic rings. The second-order valence-corrected chi connectivity index (χ2v) is 10.8. The molecule has 0 amide bonds. The van der Waals surface area contributed by atoms with Gasteiger partial charge in [0.05, 0.1) is 31.3 Å². The van der Waals surface area contributed by atoms with Gasteiger partial charge in [0.25, 0.3) is 0 Å². The van der Waals surface area contributed by atoms with Crippen molar-refractivity contribution in [1.29, 1.82) is 5.26 Å². The van der Waals surface area contributed by atoms with E-state index in [9.17, 15) is 20.3 Å². The predicted molar refractivity (Wildman–Crippen MR) is 126 cm³/mol. The van der Waals surface area contributed by atoms with E-state index in [0.29, 0.717) is 12.8 Å². The number of ether oxygens (including phenoxy) is 1. The molecule has 32 heavy (non-hydrogen) atoms. The minimum atomic E-state index is -0.406. The zero-order valence-corrected chi connectivity index (χ0v) is 20.2. The molecule has 0 radical (unpaired) electrons. The molecule has 5 nitrogen and oxygen atoms in total. The molecule has 0 aromatic carbocycles. The minimum absolute atomic E-state index is 0.0543. The molecule has 0 spiro atoms.